The van der Waals surface area contributed by atoms with E-state index < -0.39 is 0 Å². The molecule has 0 bridgehead atoms. The van der Waals surface area contributed by atoms with Crippen molar-refractivity contribution >= 4 is 43.6 Å². The molecule has 2 heterocycles. The summed E-state index contributed by atoms with van der Waals surface area (Å²) in [4.78, 5) is 0. The van der Waals surface area contributed by atoms with E-state index in [0.717, 1.165) is 66.1 Å². The molecule has 4 nitrogen and oxygen atoms in total. The van der Waals surface area contributed by atoms with Gasteiger partial charge in [-0.15, -0.1) is 0 Å². The van der Waals surface area contributed by atoms with Gasteiger partial charge in [-0.2, -0.15) is 10.5 Å². The number of benzene rings is 8. The Morgan fingerprint density at radius 1 is 0.350 bits per heavy atom. The summed E-state index contributed by atoms with van der Waals surface area (Å²) in [5, 5.41) is 25.6. The van der Waals surface area contributed by atoms with Crippen LogP contribution in [-0.4, -0.2) is 9.13 Å². The molecule has 286 valence electrons. The zero-order valence-electron chi connectivity index (χ0n) is 34.6. The summed E-state index contributed by atoms with van der Waals surface area (Å²) < 4.78 is 4.63. The van der Waals surface area contributed by atoms with Gasteiger partial charge < -0.3 is 9.13 Å². The Kier molecular flexibility index (Phi) is 8.57. The van der Waals surface area contributed by atoms with Crippen molar-refractivity contribution < 1.29 is 0 Å². The topological polar surface area (TPSA) is 57.4 Å². The van der Waals surface area contributed by atoms with Crippen LogP contribution in [0.1, 0.15) is 44.5 Å². The highest BCUT2D eigenvalue weighted by molar-refractivity contribution is 6.13. The molecule has 0 fully saturated rings. The molecule has 0 saturated carbocycles. The zero-order chi connectivity index (χ0) is 41.4. The Morgan fingerprint density at radius 3 is 1.22 bits per heavy atom. The van der Waals surface area contributed by atoms with E-state index in [-0.39, 0.29) is 0 Å². The number of para-hydroxylation sites is 2. The van der Waals surface area contributed by atoms with Gasteiger partial charge in [-0.05, 0) is 152 Å². The number of fused-ring (bicyclic) bond motifs is 6. The largest absolute Gasteiger partial charge is 0.308 e. The summed E-state index contributed by atoms with van der Waals surface area (Å²) in [5.41, 5.74) is 21.2. The lowest BCUT2D eigenvalue weighted by Gasteiger charge is -2.21. The third-order valence-corrected chi connectivity index (χ3v) is 12.3. The van der Waals surface area contributed by atoms with Crippen LogP contribution in [0, 0.1) is 64.2 Å². The van der Waals surface area contributed by atoms with Gasteiger partial charge in [0.2, 0.25) is 0 Å². The highest BCUT2D eigenvalue weighted by Crippen LogP contribution is 2.44. The first-order valence-corrected chi connectivity index (χ1v) is 20.5. The maximum Gasteiger partial charge on any atom is 0.0993 e. The molecule has 8 aromatic carbocycles. The molecular weight excluding hydrogens is 729 g/mol. The molecule has 0 N–H and O–H groups in total. The molecule has 60 heavy (non-hydrogen) atoms. The average Bonchev–Trinajstić information content (AvgIpc) is 3.75. The predicted octanol–water partition coefficient (Wildman–Crippen LogP) is 14.5. The van der Waals surface area contributed by atoms with Crippen molar-refractivity contribution in [3.05, 3.63) is 190 Å². The van der Waals surface area contributed by atoms with Crippen LogP contribution >= 0.6 is 0 Å². The molecule has 0 aliphatic carbocycles. The first kappa shape index (κ1) is 36.7. The van der Waals surface area contributed by atoms with Gasteiger partial charge in [-0.3, -0.25) is 0 Å². The quantitative estimate of drug-likeness (QED) is 0.175. The van der Waals surface area contributed by atoms with Crippen LogP contribution in [0.15, 0.2) is 146 Å². The second-order valence-corrected chi connectivity index (χ2v) is 16.4. The maximum atomic E-state index is 10.8. The van der Waals surface area contributed by atoms with E-state index in [1.54, 1.807) is 0 Å². The number of aromatic nitrogens is 2. The van der Waals surface area contributed by atoms with Gasteiger partial charge in [-0.25, -0.2) is 0 Å². The Bertz CT molecular complexity index is 3280. The van der Waals surface area contributed by atoms with Crippen LogP contribution < -0.4 is 0 Å². The van der Waals surface area contributed by atoms with Crippen LogP contribution in [0.25, 0.3) is 88.4 Å². The lowest BCUT2D eigenvalue weighted by atomic mass is 9.93. The molecule has 0 spiro atoms. The first-order valence-electron chi connectivity index (χ1n) is 20.5. The van der Waals surface area contributed by atoms with E-state index in [4.69, 9.17) is 0 Å². The number of nitrogens with zero attached hydrogens (tertiary/aromatic N) is 4. The number of hydrogen-bond donors (Lipinski definition) is 0. The molecule has 4 heteroatoms. The van der Waals surface area contributed by atoms with Gasteiger partial charge in [0, 0.05) is 27.1 Å². The van der Waals surface area contributed by atoms with Crippen molar-refractivity contribution in [3.63, 3.8) is 0 Å². The van der Waals surface area contributed by atoms with Gasteiger partial charge in [0.05, 0.1) is 56.7 Å². The van der Waals surface area contributed by atoms with Crippen LogP contribution in [-0.2, 0) is 0 Å². The molecule has 0 aliphatic heterocycles. The lowest BCUT2D eigenvalue weighted by molar-refractivity contribution is 1.13. The molecule has 0 atom stereocenters. The summed E-state index contributed by atoms with van der Waals surface area (Å²) in [7, 11) is 0. The fourth-order valence-electron chi connectivity index (χ4n) is 10.1. The second kappa shape index (κ2) is 14.0. The number of aryl methyl sites for hydroxylation is 6. The van der Waals surface area contributed by atoms with Crippen molar-refractivity contribution in [2.75, 3.05) is 0 Å². The first-order chi connectivity index (χ1) is 29.1. The van der Waals surface area contributed by atoms with E-state index in [1.165, 1.54) is 55.6 Å². The van der Waals surface area contributed by atoms with Gasteiger partial charge >= 0.3 is 0 Å². The Balaban J connectivity index is 1.32. The van der Waals surface area contributed by atoms with Gasteiger partial charge in [0.15, 0.2) is 0 Å². The minimum Gasteiger partial charge on any atom is -0.308 e. The minimum absolute atomic E-state index is 0.544. The maximum absolute atomic E-state index is 10.8. The van der Waals surface area contributed by atoms with Crippen molar-refractivity contribution in [1.29, 1.82) is 10.5 Å². The summed E-state index contributed by atoms with van der Waals surface area (Å²) in [6.07, 6.45) is 0. The van der Waals surface area contributed by atoms with Crippen molar-refractivity contribution in [1.82, 2.24) is 9.13 Å². The molecule has 10 rings (SSSR count). The van der Waals surface area contributed by atoms with Gasteiger partial charge in [-0.1, -0.05) is 96.1 Å². The molecule has 0 saturated heterocycles. The number of hydrogen-bond acceptors (Lipinski definition) is 2. The SMILES string of the molecule is Cc1cc(C)c(-c2ccc3c(c2)c2ccccc2n3-c2cc(C#N)cc(-n3c4ccccc4c4cc(-c5c(C)cc(C)cc5C)ccc43)c2-c2cccc(C#N)c2)c(C)c1. The molecule has 0 amide bonds. The van der Waals surface area contributed by atoms with Gasteiger partial charge in [0.1, 0.15) is 0 Å². The normalized spacial score (nSPS) is 11.5. The van der Waals surface area contributed by atoms with E-state index in [1.807, 2.05) is 30.3 Å². The van der Waals surface area contributed by atoms with Crippen LogP contribution in [0.3, 0.4) is 0 Å². The summed E-state index contributed by atoms with van der Waals surface area (Å²) in [6.45, 7) is 13.1. The van der Waals surface area contributed by atoms with Crippen molar-refractivity contribution in [2.45, 2.75) is 41.5 Å². The van der Waals surface area contributed by atoms with Crippen molar-refractivity contribution in [2.24, 2.45) is 0 Å². The molecule has 0 unspecified atom stereocenters. The van der Waals surface area contributed by atoms with E-state index in [2.05, 4.69) is 178 Å². The Hall–Kier alpha value is -7.66. The van der Waals surface area contributed by atoms with Crippen LogP contribution in [0.5, 0.6) is 0 Å². The third kappa shape index (κ3) is 5.72. The van der Waals surface area contributed by atoms with E-state index >= 15 is 0 Å². The monoisotopic (exact) mass is 770 g/mol. The fourth-order valence-corrected chi connectivity index (χ4v) is 10.1. The second-order valence-electron chi connectivity index (χ2n) is 16.4. The van der Waals surface area contributed by atoms with Gasteiger partial charge in [0.25, 0.3) is 0 Å². The predicted molar refractivity (Wildman–Crippen MR) is 249 cm³/mol. The molecular formula is C56H42N4. The Morgan fingerprint density at radius 2 is 0.767 bits per heavy atom. The average molecular weight is 771 g/mol. The summed E-state index contributed by atoms with van der Waals surface area (Å²) in [5.74, 6) is 0. The van der Waals surface area contributed by atoms with Crippen LogP contribution in [0.2, 0.25) is 0 Å². The molecule has 10 aromatic rings. The lowest BCUT2D eigenvalue weighted by Crippen LogP contribution is -2.05. The summed E-state index contributed by atoms with van der Waals surface area (Å²) in [6, 6.07) is 56.5. The Labute approximate surface area is 350 Å². The third-order valence-electron chi connectivity index (χ3n) is 12.3. The molecule has 0 aliphatic rings. The minimum atomic E-state index is 0.544. The molecule has 2 aromatic heterocycles. The number of rotatable bonds is 5. The smallest absolute Gasteiger partial charge is 0.0993 e. The highest BCUT2D eigenvalue weighted by Gasteiger charge is 2.24. The van der Waals surface area contributed by atoms with Crippen LogP contribution in [0.4, 0.5) is 0 Å². The summed E-state index contributed by atoms with van der Waals surface area (Å²) >= 11 is 0. The van der Waals surface area contributed by atoms with E-state index in [0.29, 0.717) is 11.1 Å². The standard InChI is InChI=1S/C56H42N4/c1-33-22-35(3)54(36(4)23-33)42-18-20-50-46(29-42)44-14-7-9-16-48(44)59(50)52-27-40(32-58)28-53(56(52)41-13-11-12-39(26-41)31-57)60-49-17-10-8-15-45(49)47-30-43(19-21-51(47)60)55-37(5)24-34(2)25-38(55)6/h7-30H,1-6H3. The van der Waals surface area contributed by atoms with Crippen molar-refractivity contribution in [3.8, 4) is 56.9 Å². The zero-order valence-corrected chi connectivity index (χ0v) is 34.6. The fraction of sp³-hybridized carbons (Fsp3) is 0.107. The number of nitriles is 2. The van der Waals surface area contributed by atoms with E-state index in [9.17, 15) is 10.5 Å². The molecule has 0 radical (unpaired) electrons. The highest BCUT2D eigenvalue weighted by atomic mass is 15.0.